The summed E-state index contributed by atoms with van der Waals surface area (Å²) in [7, 11) is 1.81. The molecule has 0 aliphatic heterocycles. The molecule has 20 heavy (non-hydrogen) atoms. The zero-order valence-electron chi connectivity index (χ0n) is 12.4. The van der Waals surface area contributed by atoms with Gasteiger partial charge in [-0.15, -0.1) is 0 Å². The summed E-state index contributed by atoms with van der Waals surface area (Å²) in [5, 5.41) is 12.5. The van der Waals surface area contributed by atoms with Gasteiger partial charge < -0.3 is 10.1 Å². The molecule has 1 fully saturated rings. The van der Waals surface area contributed by atoms with Crippen LogP contribution in [0, 0.1) is 17.2 Å². The molecule has 3 nitrogen and oxygen atoms in total. The second kappa shape index (κ2) is 7.42. The monoisotopic (exact) mass is 272 g/mol. The Kier molecular flexibility index (Phi) is 5.58. The third kappa shape index (κ3) is 3.82. The van der Waals surface area contributed by atoms with Crippen LogP contribution < -0.4 is 5.32 Å². The minimum Gasteiger partial charge on any atom is -0.380 e. The van der Waals surface area contributed by atoms with Gasteiger partial charge in [0.15, 0.2) is 0 Å². The standard InChI is InChI=1S/C17H24N2O/c1-13(16-9-5-6-14(10-16)11-18)19-12-17(20-2)15-7-3-4-8-15/h5-6,9-10,13,15,17,19H,3-4,7-8,12H2,1-2H3. The van der Waals surface area contributed by atoms with E-state index in [9.17, 15) is 0 Å². The molecule has 1 aromatic rings. The smallest absolute Gasteiger partial charge is 0.0991 e. The van der Waals surface area contributed by atoms with Crippen LogP contribution in [0.3, 0.4) is 0 Å². The predicted molar refractivity (Wildman–Crippen MR) is 80.3 cm³/mol. The van der Waals surface area contributed by atoms with Gasteiger partial charge in [-0.25, -0.2) is 0 Å². The van der Waals surface area contributed by atoms with Crippen molar-refractivity contribution < 1.29 is 4.74 Å². The van der Waals surface area contributed by atoms with Gasteiger partial charge in [-0.1, -0.05) is 25.0 Å². The largest absolute Gasteiger partial charge is 0.380 e. The van der Waals surface area contributed by atoms with Crippen LogP contribution in [-0.4, -0.2) is 19.8 Å². The summed E-state index contributed by atoms with van der Waals surface area (Å²) in [6.45, 7) is 3.01. The Bertz CT molecular complexity index is 460. The molecule has 3 heteroatoms. The minimum atomic E-state index is 0.238. The van der Waals surface area contributed by atoms with Crippen LogP contribution in [0.1, 0.15) is 49.8 Å². The molecule has 0 amide bonds. The molecular formula is C17H24N2O. The SMILES string of the molecule is COC(CNC(C)c1cccc(C#N)c1)C1CCCC1. The zero-order chi connectivity index (χ0) is 14.4. The van der Waals surface area contributed by atoms with E-state index >= 15 is 0 Å². The summed E-state index contributed by atoms with van der Waals surface area (Å²) >= 11 is 0. The second-order valence-electron chi connectivity index (χ2n) is 5.69. The molecule has 2 unspecified atom stereocenters. The highest BCUT2D eigenvalue weighted by molar-refractivity contribution is 5.34. The van der Waals surface area contributed by atoms with Crippen molar-refractivity contribution in [3.8, 4) is 6.07 Å². The Morgan fingerprint density at radius 2 is 2.15 bits per heavy atom. The van der Waals surface area contributed by atoms with Crippen LogP contribution in [0.5, 0.6) is 0 Å². The normalized spacial score (nSPS) is 18.6. The number of nitriles is 1. The summed E-state index contributed by atoms with van der Waals surface area (Å²) in [5.74, 6) is 0.699. The lowest BCUT2D eigenvalue weighted by Crippen LogP contribution is -2.34. The number of hydrogen-bond donors (Lipinski definition) is 1. The summed E-state index contributed by atoms with van der Waals surface area (Å²) < 4.78 is 5.65. The maximum absolute atomic E-state index is 8.95. The number of benzene rings is 1. The molecule has 108 valence electrons. The number of nitrogens with one attached hydrogen (secondary N) is 1. The Balaban J connectivity index is 1.90. The van der Waals surface area contributed by atoms with Crippen LogP contribution in [0.25, 0.3) is 0 Å². The van der Waals surface area contributed by atoms with Crippen molar-refractivity contribution in [2.45, 2.75) is 44.8 Å². The fourth-order valence-corrected chi connectivity index (χ4v) is 3.06. The van der Waals surface area contributed by atoms with E-state index in [1.54, 1.807) is 0 Å². The van der Waals surface area contributed by atoms with E-state index < -0.39 is 0 Å². The van der Waals surface area contributed by atoms with E-state index in [0.29, 0.717) is 12.0 Å². The summed E-state index contributed by atoms with van der Waals surface area (Å²) in [6.07, 6.45) is 5.56. The van der Waals surface area contributed by atoms with Crippen molar-refractivity contribution in [2.24, 2.45) is 5.92 Å². The molecule has 1 aliphatic carbocycles. The molecule has 1 aliphatic rings. The van der Waals surface area contributed by atoms with E-state index in [1.807, 2.05) is 25.3 Å². The molecule has 2 rings (SSSR count). The third-order valence-corrected chi connectivity index (χ3v) is 4.37. The molecule has 0 spiro atoms. The number of nitrogens with zero attached hydrogens (tertiary/aromatic N) is 1. The first-order valence-electron chi connectivity index (χ1n) is 7.51. The second-order valence-corrected chi connectivity index (χ2v) is 5.69. The molecule has 0 radical (unpaired) electrons. The van der Waals surface area contributed by atoms with Crippen molar-refractivity contribution in [3.63, 3.8) is 0 Å². The molecule has 1 aromatic carbocycles. The van der Waals surface area contributed by atoms with Crippen LogP contribution in [-0.2, 0) is 4.74 Å². The van der Waals surface area contributed by atoms with E-state index in [-0.39, 0.29) is 6.04 Å². The Hall–Kier alpha value is -1.37. The highest BCUT2D eigenvalue weighted by Gasteiger charge is 2.25. The van der Waals surface area contributed by atoms with E-state index in [2.05, 4.69) is 24.4 Å². The highest BCUT2D eigenvalue weighted by Crippen LogP contribution is 2.29. The maximum atomic E-state index is 8.95. The molecule has 0 bridgehead atoms. The average molecular weight is 272 g/mol. The maximum Gasteiger partial charge on any atom is 0.0991 e. The van der Waals surface area contributed by atoms with E-state index in [4.69, 9.17) is 10.00 Å². The van der Waals surface area contributed by atoms with E-state index in [1.165, 1.54) is 25.7 Å². The molecule has 0 aromatic heterocycles. The molecule has 1 N–H and O–H groups in total. The average Bonchev–Trinajstić information content (AvgIpc) is 3.02. The molecular weight excluding hydrogens is 248 g/mol. The first-order valence-corrected chi connectivity index (χ1v) is 7.51. The third-order valence-electron chi connectivity index (χ3n) is 4.37. The number of methoxy groups -OCH3 is 1. The first kappa shape index (κ1) is 15.0. The Morgan fingerprint density at radius 3 is 2.80 bits per heavy atom. The topological polar surface area (TPSA) is 45.0 Å². The van der Waals surface area contributed by atoms with Gasteiger partial charge in [0.1, 0.15) is 0 Å². The van der Waals surface area contributed by atoms with Gasteiger partial charge in [0.25, 0.3) is 0 Å². The Labute approximate surface area is 121 Å². The van der Waals surface area contributed by atoms with Crippen LogP contribution in [0.15, 0.2) is 24.3 Å². The highest BCUT2D eigenvalue weighted by atomic mass is 16.5. The van der Waals surface area contributed by atoms with E-state index in [0.717, 1.165) is 17.7 Å². The lowest BCUT2D eigenvalue weighted by atomic mass is 9.99. The minimum absolute atomic E-state index is 0.238. The molecule has 0 heterocycles. The fourth-order valence-electron chi connectivity index (χ4n) is 3.06. The molecule has 2 atom stereocenters. The lowest BCUT2D eigenvalue weighted by molar-refractivity contribution is 0.0524. The summed E-state index contributed by atoms with van der Waals surface area (Å²) in [4.78, 5) is 0. The van der Waals surface area contributed by atoms with Gasteiger partial charge in [0, 0.05) is 19.7 Å². The van der Waals surface area contributed by atoms with Gasteiger partial charge in [-0.2, -0.15) is 5.26 Å². The van der Waals surface area contributed by atoms with Crippen LogP contribution in [0.4, 0.5) is 0 Å². The van der Waals surface area contributed by atoms with Crippen molar-refractivity contribution in [2.75, 3.05) is 13.7 Å². The van der Waals surface area contributed by atoms with Gasteiger partial charge in [-0.05, 0) is 43.4 Å². The number of ether oxygens (including phenoxy) is 1. The number of rotatable bonds is 6. The van der Waals surface area contributed by atoms with Gasteiger partial charge in [-0.3, -0.25) is 0 Å². The van der Waals surface area contributed by atoms with Crippen molar-refractivity contribution >= 4 is 0 Å². The quantitative estimate of drug-likeness (QED) is 0.863. The predicted octanol–water partition coefficient (Wildman–Crippen LogP) is 3.41. The first-order chi connectivity index (χ1) is 9.74. The fraction of sp³-hybridized carbons (Fsp3) is 0.588. The molecule has 0 saturated heterocycles. The van der Waals surface area contributed by atoms with Crippen molar-refractivity contribution in [1.29, 1.82) is 5.26 Å². The summed E-state index contributed by atoms with van der Waals surface area (Å²) in [5.41, 5.74) is 1.88. The van der Waals surface area contributed by atoms with Gasteiger partial charge in [0.05, 0.1) is 17.7 Å². The summed E-state index contributed by atoms with van der Waals surface area (Å²) in [6, 6.07) is 10.2. The van der Waals surface area contributed by atoms with Gasteiger partial charge in [0.2, 0.25) is 0 Å². The van der Waals surface area contributed by atoms with Gasteiger partial charge >= 0.3 is 0 Å². The van der Waals surface area contributed by atoms with Crippen molar-refractivity contribution in [1.82, 2.24) is 5.32 Å². The van der Waals surface area contributed by atoms with Crippen molar-refractivity contribution in [3.05, 3.63) is 35.4 Å². The Morgan fingerprint density at radius 1 is 1.40 bits per heavy atom. The molecule has 1 saturated carbocycles. The van der Waals surface area contributed by atoms with Crippen LogP contribution >= 0.6 is 0 Å². The lowest BCUT2D eigenvalue weighted by Gasteiger charge is -2.24. The number of hydrogen-bond acceptors (Lipinski definition) is 3. The van der Waals surface area contributed by atoms with Crippen LogP contribution in [0.2, 0.25) is 0 Å². The zero-order valence-corrected chi connectivity index (χ0v) is 12.4.